The summed E-state index contributed by atoms with van der Waals surface area (Å²) in [6.07, 6.45) is 0. The van der Waals surface area contributed by atoms with E-state index in [9.17, 15) is 13.2 Å². The van der Waals surface area contributed by atoms with Crippen LogP contribution in [0.25, 0.3) is 11.0 Å². The molecule has 0 saturated heterocycles. The van der Waals surface area contributed by atoms with Gasteiger partial charge in [-0.1, -0.05) is 18.2 Å². The highest BCUT2D eigenvalue weighted by molar-refractivity contribution is 5.78. The Balaban J connectivity index is 2.14. The summed E-state index contributed by atoms with van der Waals surface area (Å²) in [5.74, 6) is -2.49. The molecule has 0 aliphatic rings. The molecule has 0 radical (unpaired) electrons. The van der Waals surface area contributed by atoms with Crippen LogP contribution in [-0.4, -0.2) is 7.05 Å². The number of benzene rings is 2. The molecule has 21 heavy (non-hydrogen) atoms. The zero-order valence-corrected chi connectivity index (χ0v) is 11.2. The van der Waals surface area contributed by atoms with Gasteiger partial charge in [0, 0.05) is 23.1 Å². The highest BCUT2D eigenvalue weighted by Crippen LogP contribution is 2.31. The number of fused-ring (bicyclic) bond motifs is 1. The molecule has 5 heteroatoms. The van der Waals surface area contributed by atoms with Crippen molar-refractivity contribution in [2.75, 3.05) is 7.05 Å². The minimum atomic E-state index is -0.952. The summed E-state index contributed by atoms with van der Waals surface area (Å²) in [6.45, 7) is 0. The van der Waals surface area contributed by atoms with E-state index in [1.165, 1.54) is 0 Å². The van der Waals surface area contributed by atoms with Gasteiger partial charge >= 0.3 is 0 Å². The second kappa shape index (κ2) is 5.26. The van der Waals surface area contributed by atoms with Crippen LogP contribution in [0.2, 0.25) is 0 Å². The van der Waals surface area contributed by atoms with E-state index in [1.54, 1.807) is 19.2 Å². The number of halogens is 3. The summed E-state index contributed by atoms with van der Waals surface area (Å²) in [4.78, 5) is 0. The standard InChI is InChI=1S/C16H12F3NO/c1-20-16(15-11(18)7-10(17)8-12(15)19)14-6-9-4-2-3-5-13(9)21-14/h2-8,16,20H,1H3. The largest absolute Gasteiger partial charge is 0.459 e. The van der Waals surface area contributed by atoms with Crippen LogP contribution in [0.15, 0.2) is 46.9 Å². The Hall–Kier alpha value is -2.27. The van der Waals surface area contributed by atoms with Crippen molar-refractivity contribution in [3.63, 3.8) is 0 Å². The fraction of sp³-hybridized carbons (Fsp3) is 0.125. The molecule has 2 aromatic carbocycles. The van der Waals surface area contributed by atoms with Gasteiger partial charge in [-0.3, -0.25) is 0 Å². The zero-order chi connectivity index (χ0) is 15.0. The van der Waals surface area contributed by atoms with Crippen molar-refractivity contribution in [1.29, 1.82) is 0 Å². The van der Waals surface area contributed by atoms with E-state index in [4.69, 9.17) is 4.42 Å². The number of nitrogens with one attached hydrogen (secondary N) is 1. The van der Waals surface area contributed by atoms with Crippen LogP contribution in [-0.2, 0) is 0 Å². The van der Waals surface area contributed by atoms with Crippen molar-refractivity contribution in [3.05, 3.63) is 71.2 Å². The van der Waals surface area contributed by atoms with Crippen LogP contribution in [0.4, 0.5) is 13.2 Å². The van der Waals surface area contributed by atoms with E-state index >= 15 is 0 Å². The first kappa shape index (κ1) is 13.7. The minimum absolute atomic E-state index is 0.266. The average molecular weight is 291 g/mol. The van der Waals surface area contributed by atoms with Crippen molar-refractivity contribution in [1.82, 2.24) is 5.32 Å². The van der Waals surface area contributed by atoms with Crippen LogP contribution in [0.5, 0.6) is 0 Å². The van der Waals surface area contributed by atoms with E-state index in [2.05, 4.69) is 5.32 Å². The quantitative estimate of drug-likeness (QED) is 0.784. The van der Waals surface area contributed by atoms with E-state index in [1.807, 2.05) is 18.2 Å². The van der Waals surface area contributed by atoms with Gasteiger partial charge in [0.15, 0.2) is 0 Å². The van der Waals surface area contributed by atoms with Crippen molar-refractivity contribution < 1.29 is 17.6 Å². The number of hydrogen-bond acceptors (Lipinski definition) is 2. The van der Waals surface area contributed by atoms with Gasteiger partial charge in [0.05, 0.1) is 6.04 Å². The van der Waals surface area contributed by atoms with Crippen LogP contribution in [0, 0.1) is 17.5 Å². The Morgan fingerprint density at radius 3 is 2.29 bits per heavy atom. The van der Waals surface area contributed by atoms with Crippen LogP contribution < -0.4 is 5.32 Å². The maximum atomic E-state index is 13.9. The van der Waals surface area contributed by atoms with Gasteiger partial charge in [0.1, 0.15) is 28.8 Å². The van der Waals surface area contributed by atoms with E-state index in [0.717, 1.165) is 5.39 Å². The summed E-state index contributed by atoms with van der Waals surface area (Å²) in [5.41, 5.74) is 0.355. The molecule has 0 amide bonds. The second-order valence-electron chi connectivity index (χ2n) is 4.69. The summed E-state index contributed by atoms with van der Waals surface area (Å²) < 4.78 is 46.5. The number of hydrogen-bond donors (Lipinski definition) is 1. The Morgan fingerprint density at radius 2 is 1.67 bits per heavy atom. The fourth-order valence-electron chi connectivity index (χ4n) is 2.40. The van der Waals surface area contributed by atoms with Gasteiger partial charge in [0.2, 0.25) is 0 Å². The second-order valence-corrected chi connectivity index (χ2v) is 4.69. The maximum absolute atomic E-state index is 13.9. The lowest BCUT2D eigenvalue weighted by Gasteiger charge is -2.15. The number of rotatable bonds is 3. The summed E-state index contributed by atoms with van der Waals surface area (Å²) in [6, 6.07) is 9.45. The minimum Gasteiger partial charge on any atom is -0.459 e. The summed E-state index contributed by atoms with van der Waals surface area (Å²) in [5, 5.41) is 3.63. The zero-order valence-electron chi connectivity index (χ0n) is 11.2. The molecule has 0 aliphatic heterocycles. The van der Waals surface area contributed by atoms with Gasteiger partial charge in [0.25, 0.3) is 0 Å². The lowest BCUT2D eigenvalue weighted by Crippen LogP contribution is -2.20. The van der Waals surface area contributed by atoms with Gasteiger partial charge < -0.3 is 9.73 Å². The molecular weight excluding hydrogens is 279 g/mol. The molecule has 1 heterocycles. The molecule has 2 nitrogen and oxygen atoms in total. The number of para-hydroxylation sites is 1. The van der Waals surface area contributed by atoms with Crippen LogP contribution >= 0.6 is 0 Å². The van der Waals surface area contributed by atoms with E-state index in [0.29, 0.717) is 23.5 Å². The smallest absolute Gasteiger partial charge is 0.134 e. The molecule has 0 saturated carbocycles. The molecular formula is C16H12F3NO. The highest BCUT2D eigenvalue weighted by Gasteiger charge is 2.24. The Morgan fingerprint density at radius 1 is 1.00 bits per heavy atom. The lowest BCUT2D eigenvalue weighted by atomic mass is 10.0. The lowest BCUT2D eigenvalue weighted by molar-refractivity contribution is 0.450. The first-order chi connectivity index (χ1) is 10.1. The molecule has 108 valence electrons. The van der Waals surface area contributed by atoms with Crippen molar-refractivity contribution >= 4 is 11.0 Å². The normalized spacial score (nSPS) is 12.8. The monoisotopic (exact) mass is 291 g/mol. The Bertz CT molecular complexity index is 741. The molecule has 1 aromatic heterocycles. The molecule has 0 fully saturated rings. The predicted octanol–water partition coefficient (Wildman–Crippen LogP) is 4.16. The first-order valence-corrected chi connectivity index (χ1v) is 6.40. The van der Waals surface area contributed by atoms with Gasteiger partial charge in [-0.05, 0) is 19.2 Å². The predicted molar refractivity (Wildman–Crippen MR) is 73.4 cm³/mol. The van der Waals surface area contributed by atoms with Gasteiger partial charge in [-0.2, -0.15) is 0 Å². The Kier molecular flexibility index (Phi) is 3.43. The summed E-state index contributed by atoms with van der Waals surface area (Å²) in [7, 11) is 1.56. The molecule has 1 unspecified atom stereocenters. The van der Waals surface area contributed by atoms with Crippen molar-refractivity contribution in [2.24, 2.45) is 0 Å². The number of furan rings is 1. The summed E-state index contributed by atoms with van der Waals surface area (Å²) >= 11 is 0. The molecule has 3 rings (SSSR count). The SMILES string of the molecule is CNC(c1cc2ccccc2o1)c1c(F)cc(F)cc1F. The molecule has 0 bridgehead atoms. The van der Waals surface area contributed by atoms with Crippen molar-refractivity contribution in [3.8, 4) is 0 Å². The Labute approximate surface area is 119 Å². The molecule has 0 spiro atoms. The van der Waals surface area contributed by atoms with Gasteiger partial charge in [-0.25, -0.2) is 13.2 Å². The van der Waals surface area contributed by atoms with Crippen LogP contribution in [0.3, 0.4) is 0 Å². The molecule has 0 aliphatic carbocycles. The third-order valence-corrected chi connectivity index (χ3v) is 3.35. The topological polar surface area (TPSA) is 25.2 Å². The van der Waals surface area contributed by atoms with Crippen LogP contribution in [0.1, 0.15) is 17.4 Å². The van der Waals surface area contributed by atoms with E-state index in [-0.39, 0.29) is 5.56 Å². The maximum Gasteiger partial charge on any atom is 0.134 e. The highest BCUT2D eigenvalue weighted by atomic mass is 19.1. The van der Waals surface area contributed by atoms with Gasteiger partial charge in [-0.15, -0.1) is 0 Å². The first-order valence-electron chi connectivity index (χ1n) is 6.40. The third kappa shape index (κ3) is 2.40. The third-order valence-electron chi connectivity index (χ3n) is 3.35. The fourth-order valence-corrected chi connectivity index (χ4v) is 2.40. The average Bonchev–Trinajstić information content (AvgIpc) is 2.85. The van der Waals surface area contributed by atoms with E-state index < -0.39 is 23.5 Å². The molecule has 3 aromatic rings. The molecule has 1 N–H and O–H groups in total. The van der Waals surface area contributed by atoms with Crippen molar-refractivity contribution in [2.45, 2.75) is 6.04 Å². The molecule has 1 atom stereocenters.